The zero-order chi connectivity index (χ0) is 18.6. The van der Waals surface area contributed by atoms with Gasteiger partial charge in [-0.15, -0.1) is 0 Å². The number of anilines is 2. The van der Waals surface area contributed by atoms with Gasteiger partial charge in [0.25, 0.3) is 0 Å². The van der Waals surface area contributed by atoms with E-state index in [1.165, 1.54) is 0 Å². The molecule has 6 nitrogen and oxygen atoms in total. The molecule has 0 aromatic heterocycles. The monoisotopic (exact) mass is 353 g/mol. The number of rotatable bonds is 4. The second-order valence-electron chi connectivity index (χ2n) is 7.70. The molecule has 2 aliphatic carbocycles. The van der Waals surface area contributed by atoms with Gasteiger partial charge >= 0.3 is 0 Å². The Labute approximate surface area is 152 Å². The SMILES string of the molecule is Cc1cc(N(C)C)ccc1NC(=O)CN1C(=O)[C@@H]2[C@@H](C1=O)[C@H]1C=C[C@@H]2C1. The van der Waals surface area contributed by atoms with Crippen LogP contribution in [0.4, 0.5) is 11.4 Å². The molecule has 2 fully saturated rings. The van der Waals surface area contributed by atoms with Gasteiger partial charge in [-0.25, -0.2) is 0 Å². The Hall–Kier alpha value is -2.63. The summed E-state index contributed by atoms with van der Waals surface area (Å²) in [5.74, 6) is -0.908. The highest BCUT2D eigenvalue weighted by atomic mass is 16.2. The molecule has 0 unspecified atom stereocenters. The summed E-state index contributed by atoms with van der Waals surface area (Å²) in [5.41, 5.74) is 2.67. The minimum absolute atomic E-state index is 0.162. The first-order chi connectivity index (χ1) is 12.4. The van der Waals surface area contributed by atoms with E-state index >= 15 is 0 Å². The van der Waals surface area contributed by atoms with Crippen LogP contribution in [0.15, 0.2) is 30.4 Å². The van der Waals surface area contributed by atoms with Crippen LogP contribution in [0, 0.1) is 30.6 Å². The Bertz CT molecular complexity index is 800. The minimum Gasteiger partial charge on any atom is -0.378 e. The molecule has 4 atom stereocenters. The van der Waals surface area contributed by atoms with Gasteiger partial charge in [0.1, 0.15) is 6.54 Å². The van der Waals surface area contributed by atoms with Crippen LogP contribution in [0.5, 0.6) is 0 Å². The van der Waals surface area contributed by atoms with Gasteiger partial charge in [0.15, 0.2) is 0 Å². The molecule has 1 heterocycles. The number of nitrogens with one attached hydrogen (secondary N) is 1. The molecule has 136 valence electrons. The molecule has 2 bridgehead atoms. The molecule has 1 N–H and O–H groups in total. The van der Waals surface area contributed by atoms with Gasteiger partial charge in [-0.2, -0.15) is 0 Å². The highest BCUT2D eigenvalue weighted by Gasteiger charge is 2.59. The van der Waals surface area contributed by atoms with E-state index < -0.39 is 0 Å². The Kier molecular flexibility index (Phi) is 3.86. The van der Waals surface area contributed by atoms with Crippen molar-refractivity contribution in [3.63, 3.8) is 0 Å². The average molecular weight is 353 g/mol. The summed E-state index contributed by atoms with van der Waals surface area (Å²) in [7, 11) is 3.91. The van der Waals surface area contributed by atoms with Crippen molar-refractivity contribution in [1.82, 2.24) is 4.90 Å². The normalized spacial score (nSPS) is 28.7. The Balaban J connectivity index is 1.45. The van der Waals surface area contributed by atoms with Crippen molar-refractivity contribution < 1.29 is 14.4 Å². The van der Waals surface area contributed by atoms with Crippen LogP contribution in [-0.2, 0) is 14.4 Å². The minimum atomic E-state index is -0.340. The predicted molar refractivity (Wildman–Crippen MR) is 98.6 cm³/mol. The van der Waals surface area contributed by atoms with Gasteiger partial charge in [-0.3, -0.25) is 19.3 Å². The number of nitrogens with zero attached hydrogens (tertiary/aromatic N) is 2. The average Bonchev–Trinajstić information content (AvgIpc) is 3.26. The second-order valence-corrected chi connectivity index (χ2v) is 7.70. The lowest BCUT2D eigenvalue weighted by atomic mass is 9.85. The third-order valence-electron chi connectivity index (χ3n) is 5.86. The number of likely N-dealkylation sites (tertiary alicyclic amines) is 1. The molecule has 3 aliphatic rings. The zero-order valence-electron chi connectivity index (χ0n) is 15.2. The van der Waals surface area contributed by atoms with Crippen molar-refractivity contribution >= 4 is 29.1 Å². The van der Waals surface area contributed by atoms with Crippen LogP contribution in [0.3, 0.4) is 0 Å². The van der Waals surface area contributed by atoms with Gasteiger partial charge in [0.05, 0.1) is 11.8 Å². The van der Waals surface area contributed by atoms with E-state index in [1.807, 2.05) is 44.1 Å². The van der Waals surface area contributed by atoms with Crippen molar-refractivity contribution in [3.05, 3.63) is 35.9 Å². The molecule has 3 amide bonds. The number of benzene rings is 1. The van der Waals surface area contributed by atoms with Gasteiger partial charge in [0.2, 0.25) is 17.7 Å². The maximum atomic E-state index is 12.6. The zero-order valence-corrected chi connectivity index (χ0v) is 15.2. The molecule has 0 radical (unpaired) electrons. The van der Waals surface area contributed by atoms with Crippen molar-refractivity contribution in [2.24, 2.45) is 23.7 Å². The van der Waals surface area contributed by atoms with E-state index in [1.54, 1.807) is 0 Å². The fraction of sp³-hybridized carbons (Fsp3) is 0.450. The smallest absolute Gasteiger partial charge is 0.244 e. The number of carbonyl (C=O) groups is 3. The second kappa shape index (κ2) is 5.97. The Morgan fingerprint density at radius 3 is 2.31 bits per heavy atom. The van der Waals surface area contributed by atoms with Crippen molar-refractivity contribution in [2.75, 3.05) is 30.9 Å². The molecule has 1 saturated carbocycles. The lowest BCUT2D eigenvalue weighted by molar-refractivity contribution is -0.143. The van der Waals surface area contributed by atoms with Crippen LogP contribution in [0.1, 0.15) is 12.0 Å². The number of fused-ring (bicyclic) bond motifs is 5. The largest absolute Gasteiger partial charge is 0.378 e. The van der Waals surface area contributed by atoms with E-state index in [2.05, 4.69) is 17.5 Å². The van der Waals surface area contributed by atoms with Crippen LogP contribution in [0.25, 0.3) is 0 Å². The molecule has 1 aliphatic heterocycles. The molecule has 4 rings (SSSR count). The summed E-state index contributed by atoms with van der Waals surface area (Å²) in [6.45, 7) is 1.71. The van der Waals surface area contributed by atoms with E-state index in [0.29, 0.717) is 5.69 Å². The molecule has 1 aromatic rings. The number of carbonyl (C=O) groups excluding carboxylic acids is 3. The third-order valence-corrected chi connectivity index (χ3v) is 5.86. The molecule has 1 saturated heterocycles. The predicted octanol–water partition coefficient (Wildman–Crippen LogP) is 1.81. The van der Waals surface area contributed by atoms with Crippen LogP contribution in [-0.4, -0.2) is 43.3 Å². The summed E-state index contributed by atoms with van der Waals surface area (Å²) in [5, 5.41) is 2.83. The summed E-state index contributed by atoms with van der Waals surface area (Å²) in [6.07, 6.45) is 5.00. The third kappa shape index (κ3) is 2.52. The molecule has 6 heteroatoms. The standard InChI is InChI=1S/C20H23N3O3/c1-11-8-14(22(2)3)6-7-15(11)21-16(24)10-23-19(25)17-12-4-5-13(9-12)18(17)20(23)26/h4-8,12-13,17-18H,9-10H2,1-3H3,(H,21,24)/t12-,13+,17-,18-/m0/s1. The van der Waals surface area contributed by atoms with E-state index in [9.17, 15) is 14.4 Å². The number of hydrogen-bond acceptors (Lipinski definition) is 4. The number of amides is 3. The van der Waals surface area contributed by atoms with Gasteiger partial charge < -0.3 is 10.2 Å². The van der Waals surface area contributed by atoms with Crippen molar-refractivity contribution in [3.8, 4) is 0 Å². The van der Waals surface area contributed by atoms with E-state index in [-0.39, 0.29) is 47.9 Å². The summed E-state index contributed by atoms with van der Waals surface area (Å²) in [6, 6.07) is 5.74. The number of imide groups is 1. The van der Waals surface area contributed by atoms with E-state index in [4.69, 9.17) is 0 Å². The molecule has 1 aromatic carbocycles. The Morgan fingerprint density at radius 1 is 1.15 bits per heavy atom. The molecule has 26 heavy (non-hydrogen) atoms. The lowest BCUT2D eigenvalue weighted by Crippen LogP contribution is -2.39. The fourth-order valence-corrected chi connectivity index (χ4v) is 4.52. The first-order valence-electron chi connectivity index (χ1n) is 8.98. The van der Waals surface area contributed by atoms with Crippen molar-refractivity contribution in [2.45, 2.75) is 13.3 Å². The molecule has 0 spiro atoms. The van der Waals surface area contributed by atoms with E-state index in [0.717, 1.165) is 22.6 Å². The maximum absolute atomic E-state index is 12.6. The first-order valence-corrected chi connectivity index (χ1v) is 8.98. The topological polar surface area (TPSA) is 69.7 Å². The van der Waals surface area contributed by atoms with Crippen LogP contribution < -0.4 is 10.2 Å². The van der Waals surface area contributed by atoms with Crippen LogP contribution >= 0.6 is 0 Å². The Morgan fingerprint density at radius 2 is 1.77 bits per heavy atom. The van der Waals surface area contributed by atoms with Gasteiger partial charge in [-0.05, 0) is 48.9 Å². The number of allylic oxidation sites excluding steroid dienone is 2. The first kappa shape index (κ1) is 16.8. The fourth-order valence-electron chi connectivity index (χ4n) is 4.52. The van der Waals surface area contributed by atoms with Gasteiger partial charge in [-0.1, -0.05) is 12.2 Å². The lowest BCUT2D eigenvalue weighted by Gasteiger charge is -2.18. The highest BCUT2D eigenvalue weighted by molar-refractivity contribution is 6.09. The van der Waals surface area contributed by atoms with Crippen molar-refractivity contribution in [1.29, 1.82) is 0 Å². The number of hydrogen-bond donors (Lipinski definition) is 1. The number of aryl methyl sites for hydroxylation is 1. The summed E-state index contributed by atoms with van der Waals surface area (Å²) < 4.78 is 0. The molecular formula is C20H23N3O3. The van der Waals surface area contributed by atoms with Crippen LogP contribution in [0.2, 0.25) is 0 Å². The summed E-state index contributed by atoms with van der Waals surface area (Å²) >= 11 is 0. The maximum Gasteiger partial charge on any atom is 0.244 e. The highest BCUT2D eigenvalue weighted by Crippen LogP contribution is 2.52. The molecular weight excluding hydrogens is 330 g/mol. The quantitative estimate of drug-likeness (QED) is 0.662. The summed E-state index contributed by atoms with van der Waals surface area (Å²) in [4.78, 5) is 40.9. The van der Waals surface area contributed by atoms with Gasteiger partial charge in [0, 0.05) is 25.5 Å².